The minimum Gasteiger partial charge on any atom is -0.469 e. The number of aromatic nitrogens is 1. The summed E-state index contributed by atoms with van der Waals surface area (Å²) in [5, 5.41) is 1.88. The zero-order valence-corrected chi connectivity index (χ0v) is 8.50. The molecule has 0 bridgehead atoms. The van der Waals surface area contributed by atoms with Gasteiger partial charge in [-0.3, -0.25) is 4.79 Å². The molecule has 0 fully saturated rings. The first-order valence-corrected chi connectivity index (χ1v) is 5.42. The van der Waals surface area contributed by atoms with Gasteiger partial charge in [0.15, 0.2) is 0 Å². The van der Waals surface area contributed by atoms with Gasteiger partial charge in [0, 0.05) is 5.38 Å². The smallest absolute Gasteiger partial charge is 0.311 e. The van der Waals surface area contributed by atoms with Crippen LogP contribution in [0.1, 0.15) is 5.69 Å². The molecule has 1 aromatic rings. The van der Waals surface area contributed by atoms with E-state index >= 15 is 0 Å². The fourth-order valence-corrected chi connectivity index (χ4v) is 1.96. The second-order valence-electron chi connectivity index (χ2n) is 2.06. The van der Waals surface area contributed by atoms with Crippen LogP contribution in [0.5, 0.6) is 0 Å². The number of methoxy groups -OCH3 is 1. The first-order valence-electron chi connectivity index (χ1n) is 3.31. The molecule has 0 spiro atoms. The second kappa shape index (κ2) is 4.47. The van der Waals surface area contributed by atoms with E-state index < -0.39 is 0 Å². The average molecular weight is 203 g/mol. The summed E-state index contributed by atoms with van der Waals surface area (Å²) >= 11 is 3.13. The predicted molar refractivity (Wildman–Crippen MR) is 49.6 cm³/mol. The topological polar surface area (TPSA) is 39.2 Å². The van der Waals surface area contributed by atoms with Crippen LogP contribution in [-0.4, -0.2) is 24.3 Å². The largest absolute Gasteiger partial charge is 0.469 e. The minimum absolute atomic E-state index is 0.243. The highest BCUT2D eigenvalue weighted by Crippen LogP contribution is 2.19. The van der Waals surface area contributed by atoms with Crippen molar-refractivity contribution in [3.05, 3.63) is 11.1 Å². The zero-order chi connectivity index (χ0) is 8.97. The zero-order valence-electron chi connectivity index (χ0n) is 6.86. The van der Waals surface area contributed by atoms with E-state index in [0.29, 0.717) is 0 Å². The van der Waals surface area contributed by atoms with Gasteiger partial charge in [-0.1, -0.05) is 11.8 Å². The summed E-state index contributed by atoms with van der Waals surface area (Å²) in [5.74, 6) is -0.243. The van der Waals surface area contributed by atoms with Crippen LogP contribution in [0, 0.1) is 0 Å². The number of rotatable bonds is 3. The molecule has 1 aromatic heterocycles. The number of nitrogens with zero attached hydrogens (tertiary/aromatic N) is 1. The Balaban J connectivity index is 2.58. The van der Waals surface area contributed by atoms with Crippen molar-refractivity contribution >= 4 is 29.1 Å². The van der Waals surface area contributed by atoms with E-state index in [9.17, 15) is 4.79 Å². The molecular weight excluding hydrogens is 194 g/mol. The lowest BCUT2D eigenvalue weighted by molar-refractivity contribution is -0.139. The van der Waals surface area contributed by atoms with E-state index in [-0.39, 0.29) is 12.4 Å². The second-order valence-corrected chi connectivity index (χ2v) is 3.97. The van der Waals surface area contributed by atoms with E-state index in [4.69, 9.17) is 0 Å². The summed E-state index contributed by atoms with van der Waals surface area (Å²) in [7, 11) is 1.38. The number of ether oxygens (including phenoxy) is 1. The van der Waals surface area contributed by atoms with Crippen LogP contribution in [0.2, 0.25) is 0 Å². The van der Waals surface area contributed by atoms with Gasteiger partial charge in [-0.15, -0.1) is 11.3 Å². The third kappa shape index (κ3) is 2.49. The Morgan fingerprint density at radius 3 is 3.08 bits per heavy atom. The predicted octanol–water partition coefficient (Wildman–Crippen LogP) is 1.58. The summed E-state index contributed by atoms with van der Waals surface area (Å²) in [5.41, 5.74) is 0.788. The highest BCUT2D eigenvalue weighted by molar-refractivity contribution is 8.00. The Hall–Kier alpha value is -0.550. The molecule has 1 heterocycles. The van der Waals surface area contributed by atoms with E-state index in [1.165, 1.54) is 7.11 Å². The number of thiazole rings is 1. The van der Waals surface area contributed by atoms with Crippen molar-refractivity contribution < 1.29 is 9.53 Å². The lowest BCUT2D eigenvalue weighted by Crippen LogP contribution is -2.04. The molecule has 0 amide bonds. The van der Waals surface area contributed by atoms with Crippen LogP contribution in [0.15, 0.2) is 9.72 Å². The molecular formula is C7H9NO2S2. The lowest BCUT2D eigenvalue weighted by atomic mass is 10.3. The third-order valence-electron chi connectivity index (χ3n) is 1.26. The highest BCUT2D eigenvalue weighted by atomic mass is 32.2. The fraction of sp³-hybridized carbons (Fsp3) is 0.429. The maximum atomic E-state index is 10.8. The van der Waals surface area contributed by atoms with Crippen LogP contribution in [-0.2, 0) is 16.0 Å². The molecule has 0 aliphatic heterocycles. The molecule has 0 aromatic carbocycles. The first-order chi connectivity index (χ1) is 5.76. The Morgan fingerprint density at radius 2 is 2.58 bits per heavy atom. The normalized spacial score (nSPS) is 9.83. The molecule has 0 saturated carbocycles. The molecule has 0 saturated heterocycles. The monoisotopic (exact) mass is 203 g/mol. The maximum absolute atomic E-state index is 10.8. The summed E-state index contributed by atoms with van der Waals surface area (Å²) in [6.45, 7) is 0. The fourth-order valence-electron chi connectivity index (χ4n) is 0.683. The quantitative estimate of drug-likeness (QED) is 0.552. The van der Waals surface area contributed by atoms with Gasteiger partial charge in [0.2, 0.25) is 0 Å². The molecule has 0 unspecified atom stereocenters. The van der Waals surface area contributed by atoms with Crippen molar-refractivity contribution in [2.75, 3.05) is 13.4 Å². The number of hydrogen-bond acceptors (Lipinski definition) is 5. The minimum atomic E-state index is -0.243. The van der Waals surface area contributed by atoms with Crippen molar-refractivity contribution in [1.82, 2.24) is 4.98 Å². The van der Waals surface area contributed by atoms with Crippen molar-refractivity contribution in [1.29, 1.82) is 0 Å². The van der Waals surface area contributed by atoms with Crippen LogP contribution in [0.3, 0.4) is 0 Å². The lowest BCUT2D eigenvalue weighted by Gasteiger charge is -1.93. The average Bonchev–Trinajstić information content (AvgIpc) is 2.52. The standard InChI is InChI=1S/C7H9NO2S2/c1-10-6(9)3-5-4-12-7(8-5)11-2/h4H,3H2,1-2H3. The molecule has 3 nitrogen and oxygen atoms in total. The number of hydrogen-bond donors (Lipinski definition) is 0. The molecule has 66 valence electrons. The molecule has 12 heavy (non-hydrogen) atoms. The van der Waals surface area contributed by atoms with Crippen LogP contribution < -0.4 is 0 Å². The number of carbonyl (C=O) groups is 1. The first kappa shape index (κ1) is 9.54. The molecule has 0 aliphatic rings. The molecule has 0 atom stereocenters. The van der Waals surface area contributed by atoms with Crippen LogP contribution >= 0.6 is 23.1 Å². The van der Waals surface area contributed by atoms with E-state index in [1.54, 1.807) is 23.1 Å². The van der Waals surface area contributed by atoms with E-state index in [1.807, 2.05) is 11.6 Å². The van der Waals surface area contributed by atoms with Gasteiger partial charge in [0.25, 0.3) is 0 Å². The molecule has 0 aliphatic carbocycles. The highest BCUT2D eigenvalue weighted by Gasteiger charge is 2.06. The summed E-state index contributed by atoms with van der Waals surface area (Å²) in [6.07, 6.45) is 2.23. The number of esters is 1. The third-order valence-corrected chi connectivity index (χ3v) is 3.17. The van der Waals surface area contributed by atoms with Crippen LogP contribution in [0.4, 0.5) is 0 Å². The Labute approximate surface area is 79.1 Å². The van der Waals surface area contributed by atoms with Crippen molar-refractivity contribution in [3.63, 3.8) is 0 Å². The Kier molecular flexibility index (Phi) is 3.55. The van der Waals surface area contributed by atoms with E-state index in [0.717, 1.165) is 10.0 Å². The number of carbonyl (C=O) groups excluding carboxylic acids is 1. The Morgan fingerprint density at radius 1 is 1.83 bits per heavy atom. The van der Waals surface area contributed by atoms with Gasteiger partial charge in [0.1, 0.15) is 4.34 Å². The van der Waals surface area contributed by atoms with Gasteiger partial charge < -0.3 is 4.74 Å². The van der Waals surface area contributed by atoms with Crippen molar-refractivity contribution in [2.45, 2.75) is 10.8 Å². The van der Waals surface area contributed by atoms with E-state index in [2.05, 4.69) is 9.72 Å². The number of thioether (sulfide) groups is 1. The maximum Gasteiger partial charge on any atom is 0.311 e. The molecule has 0 radical (unpaired) electrons. The molecule has 0 N–H and O–H groups in total. The summed E-state index contributed by atoms with van der Waals surface area (Å²) < 4.78 is 5.50. The SMILES string of the molecule is COC(=O)Cc1csc(SC)n1. The van der Waals surface area contributed by atoms with Crippen molar-refractivity contribution in [2.24, 2.45) is 0 Å². The van der Waals surface area contributed by atoms with Gasteiger partial charge in [0.05, 0.1) is 19.2 Å². The van der Waals surface area contributed by atoms with Gasteiger partial charge in [-0.25, -0.2) is 4.98 Å². The van der Waals surface area contributed by atoms with Gasteiger partial charge in [-0.05, 0) is 6.26 Å². The molecule has 1 rings (SSSR count). The van der Waals surface area contributed by atoms with Gasteiger partial charge in [-0.2, -0.15) is 0 Å². The summed E-state index contributed by atoms with van der Waals surface area (Å²) in [6, 6.07) is 0. The summed E-state index contributed by atoms with van der Waals surface area (Å²) in [4.78, 5) is 15.0. The van der Waals surface area contributed by atoms with Crippen molar-refractivity contribution in [3.8, 4) is 0 Å². The molecule has 5 heteroatoms. The van der Waals surface area contributed by atoms with Crippen LogP contribution in [0.25, 0.3) is 0 Å². The van der Waals surface area contributed by atoms with Gasteiger partial charge >= 0.3 is 5.97 Å². The Bertz CT molecular complexity index is 272.